The van der Waals surface area contributed by atoms with Gasteiger partial charge in [-0.05, 0) is 49.2 Å². The fraction of sp³-hybridized carbons (Fsp3) is 0.300. The van der Waals surface area contributed by atoms with Crippen molar-refractivity contribution in [3.63, 3.8) is 0 Å². The predicted molar refractivity (Wildman–Crippen MR) is 102 cm³/mol. The summed E-state index contributed by atoms with van der Waals surface area (Å²) in [6, 6.07) is 12.5. The first-order chi connectivity index (χ1) is 13.2. The number of benzene rings is 1. The third kappa shape index (κ3) is 4.61. The molecule has 2 aromatic rings. The van der Waals surface area contributed by atoms with E-state index in [4.69, 9.17) is 5.26 Å². The van der Waals surface area contributed by atoms with Gasteiger partial charge in [0.2, 0.25) is 5.91 Å². The molecule has 1 aromatic carbocycles. The predicted octanol–water partition coefficient (Wildman–Crippen LogP) is 2.31. The number of nitrogens with one attached hydrogen (secondary N) is 2. The number of piperidine rings is 1. The lowest BCUT2D eigenvalue weighted by Crippen LogP contribution is -2.35. The summed E-state index contributed by atoms with van der Waals surface area (Å²) in [7, 11) is 0. The van der Waals surface area contributed by atoms with Crippen LogP contribution in [0.5, 0.6) is 0 Å². The highest BCUT2D eigenvalue weighted by atomic mass is 16.2. The summed E-state index contributed by atoms with van der Waals surface area (Å²) in [5.41, 5.74) is 1.84. The average molecular weight is 363 g/mol. The van der Waals surface area contributed by atoms with Crippen LogP contribution in [0.1, 0.15) is 35.2 Å². The molecule has 2 heterocycles. The van der Waals surface area contributed by atoms with E-state index in [0.29, 0.717) is 36.5 Å². The summed E-state index contributed by atoms with van der Waals surface area (Å²) in [5.74, 6) is 0.454. The minimum absolute atomic E-state index is 0.135. The molecule has 27 heavy (non-hydrogen) atoms. The van der Waals surface area contributed by atoms with Crippen LogP contribution in [0.3, 0.4) is 0 Å². The minimum Gasteiger partial charge on any atom is -0.367 e. The van der Waals surface area contributed by atoms with Gasteiger partial charge in [-0.2, -0.15) is 5.26 Å². The fourth-order valence-electron chi connectivity index (χ4n) is 2.97. The van der Waals surface area contributed by atoms with Crippen LogP contribution < -0.4 is 15.5 Å². The molecular weight excluding hydrogens is 342 g/mol. The molecule has 1 aliphatic rings. The lowest BCUT2D eigenvalue weighted by atomic mass is 10.1. The monoisotopic (exact) mass is 363 g/mol. The lowest BCUT2D eigenvalue weighted by Gasteiger charge is -2.26. The Morgan fingerprint density at radius 1 is 1.19 bits per heavy atom. The van der Waals surface area contributed by atoms with Crippen molar-refractivity contribution in [1.29, 1.82) is 5.26 Å². The quantitative estimate of drug-likeness (QED) is 0.768. The Morgan fingerprint density at radius 2 is 2.00 bits per heavy atom. The van der Waals surface area contributed by atoms with Crippen LogP contribution in [0.4, 0.5) is 11.5 Å². The van der Waals surface area contributed by atoms with E-state index in [9.17, 15) is 9.59 Å². The molecule has 0 spiro atoms. The summed E-state index contributed by atoms with van der Waals surface area (Å²) in [6.45, 7) is 1.58. The van der Waals surface area contributed by atoms with Gasteiger partial charge in [0, 0.05) is 43.5 Å². The maximum atomic E-state index is 12.2. The van der Waals surface area contributed by atoms with Crippen molar-refractivity contribution in [3.8, 4) is 6.07 Å². The maximum absolute atomic E-state index is 12.2. The molecule has 7 heteroatoms. The molecule has 2 N–H and O–H groups in total. The molecule has 0 radical (unpaired) electrons. The minimum atomic E-state index is -0.185. The van der Waals surface area contributed by atoms with Crippen molar-refractivity contribution < 1.29 is 9.59 Å². The number of hydrogen-bond acceptors (Lipinski definition) is 5. The third-order valence-electron chi connectivity index (χ3n) is 4.40. The number of anilines is 2. The number of aromatic nitrogens is 1. The van der Waals surface area contributed by atoms with E-state index in [1.54, 1.807) is 35.4 Å². The van der Waals surface area contributed by atoms with Gasteiger partial charge in [0.25, 0.3) is 5.91 Å². The summed E-state index contributed by atoms with van der Waals surface area (Å²) in [6.07, 6.45) is 4.14. The Hall–Kier alpha value is -3.40. The van der Waals surface area contributed by atoms with Crippen LogP contribution in [0.25, 0.3) is 0 Å². The van der Waals surface area contributed by atoms with Crippen molar-refractivity contribution in [2.24, 2.45) is 0 Å². The van der Waals surface area contributed by atoms with Gasteiger partial charge < -0.3 is 15.5 Å². The van der Waals surface area contributed by atoms with Crippen molar-refractivity contribution in [2.45, 2.75) is 19.3 Å². The molecule has 0 saturated carbocycles. The second kappa shape index (κ2) is 8.81. The number of nitriles is 1. The third-order valence-corrected chi connectivity index (χ3v) is 4.40. The molecule has 138 valence electrons. The van der Waals surface area contributed by atoms with Gasteiger partial charge in [-0.25, -0.2) is 4.98 Å². The van der Waals surface area contributed by atoms with Gasteiger partial charge in [0.05, 0.1) is 5.56 Å². The molecule has 1 aliphatic heterocycles. The van der Waals surface area contributed by atoms with Gasteiger partial charge in [-0.1, -0.05) is 0 Å². The number of pyridine rings is 1. The molecular formula is C20H21N5O2. The second-order valence-corrected chi connectivity index (χ2v) is 6.24. The lowest BCUT2D eigenvalue weighted by molar-refractivity contribution is -0.119. The SMILES string of the molecule is N#Cc1cccnc1NCCNC(=O)c1ccc(N2CCCCC2=O)cc1. The Labute approximate surface area is 158 Å². The Morgan fingerprint density at radius 3 is 2.74 bits per heavy atom. The van der Waals surface area contributed by atoms with E-state index in [0.717, 1.165) is 25.1 Å². The molecule has 0 aliphatic carbocycles. The maximum Gasteiger partial charge on any atom is 0.251 e. The number of carbonyl (C=O) groups is 2. The van der Waals surface area contributed by atoms with E-state index in [1.165, 1.54) is 0 Å². The van der Waals surface area contributed by atoms with Crippen LogP contribution in [0.2, 0.25) is 0 Å². The first-order valence-corrected chi connectivity index (χ1v) is 8.96. The first kappa shape index (κ1) is 18.4. The number of carbonyl (C=O) groups excluding carboxylic acids is 2. The Kier molecular flexibility index (Phi) is 6.00. The Balaban J connectivity index is 1.49. The molecule has 0 atom stereocenters. The highest BCUT2D eigenvalue weighted by molar-refractivity contribution is 5.96. The molecule has 1 fully saturated rings. The molecule has 1 aromatic heterocycles. The Bertz CT molecular complexity index is 857. The van der Waals surface area contributed by atoms with Crippen LogP contribution in [-0.2, 0) is 4.79 Å². The van der Waals surface area contributed by atoms with E-state index >= 15 is 0 Å². The standard InChI is InChI=1S/C20H21N5O2/c21-14-16-4-3-10-22-19(16)23-11-12-24-20(27)15-6-8-17(9-7-15)25-13-2-1-5-18(25)26/h3-4,6-10H,1-2,5,11-13H2,(H,22,23)(H,24,27). The zero-order chi connectivity index (χ0) is 19.1. The molecule has 3 rings (SSSR count). The number of rotatable bonds is 6. The summed E-state index contributed by atoms with van der Waals surface area (Å²) in [4.78, 5) is 30.1. The molecule has 7 nitrogen and oxygen atoms in total. The van der Waals surface area contributed by atoms with Crippen LogP contribution in [0, 0.1) is 11.3 Å². The van der Waals surface area contributed by atoms with Crippen LogP contribution in [-0.4, -0.2) is 36.4 Å². The molecule has 1 saturated heterocycles. The van der Waals surface area contributed by atoms with E-state index in [1.807, 2.05) is 12.1 Å². The zero-order valence-electron chi connectivity index (χ0n) is 14.9. The summed E-state index contributed by atoms with van der Waals surface area (Å²) >= 11 is 0. The van der Waals surface area contributed by atoms with E-state index < -0.39 is 0 Å². The highest BCUT2D eigenvalue weighted by Gasteiger charge is 2.19. The first-order valence-electron chi connectivity index (χ1n) is 8.96. The van der Waals surface area contributed by atoms with Gasteiger partial charge in [0.15, 0.2) is 0 Å². The van der Waals surface area contributed by atoms with Crippen molar-refractivity contribution in [1.82, 2.24) is 10.3 Å². The van der Waals surface area contributed by atoms with Gasteiger partial charge in [-0.3, -0.25) is 9.59 Å². The van der Waals surface area contributed by atoms with E-state index in [-0.39, 0.29) is 11.8 Å². The molecule has 0 bridgehead atoms. The topological polar surface area (TPSA) is 98.1 Å². The average Bonchev–Trinajstić information content (AvgIpc) is 2.72. The van der Waals surface area contributed by atoms with E-state index in [2.05, 4.69) is 21.7 Å². The normalized spacial score (nSPS) is 13.7. The smallest absolute Gasteiger partial charge is 0.251 e. The molecule has 0 unspecified atom stereocenters. The summed E-state index contributed by atoms with van der Waals surface area (Å²) in [5, 5.41) is 14.9. The van der Waals surface area contributed by atoms with Crippen molar-refractivity contribution >= 4 is 23.3 Å². The van der Waals surface area contributed by atoms with Gasteiger partial charge in [-0.15, -0.1) is 0 Å². The highest BCUT2D eigenvalue weighted by Crippen LogP contribution is 2.21. The summed E-state index contributed by atoms with van der Waals surface area (Å²) < 4.78 is 0. The van der Waals surface area contributed by atoms with Crippen LogP contribution in [0.15, 0.2) is 42.6 Å². The second-order valence-electron chi connectivity index (χ2n) is 6.24. The molecule has 2 amide bonds. The fourth-order valence-corrected chi connectivity index (χ4v) is 2.97. The van der Waals surface area contributed by atoms with Crippen LogP contribution >= 0.6 is 0 Å². The number of hydrogen-bond donors (Lipinski definition) is 2. The van der Waals surface area contributed by atoms with Crippen molar-refractivity contribution in [2.75, 3.05) is 29.9 Å². The van der Waals surface area contributed by atoms with Gasteiger partial charge >= 0.3 is 0 Å². The van der Waals surface area contributed by atoms with Crippen molar-refractivity contribution in [3.05, 3.63) is 53.7 Å². The largest absolute Gasteiger partial charge is 0.367 e. The van der Waals surface area contributed by atoms with Gasteiger partial charge in [0.1, 0.15) is 11.9 Å². The number of amides is 2. The number of nitrogens with zero attached hydrogens (tertiary/aromatic N) is 3. The zero-order valence-corrected chi connectivity index (χ0v) is 14.9.